The molecule has 3 atom stereocenters. The van der Waals surface area contributed by atoms with Crippen LogP contribution in [0.2, 0.25) is 0 Å². The van der Waals surface area contributed by atoms with Gasteiger partial charge >= 0.3 is 6.09 Å². The molecule has 0 unspecified atom stereocenters. The molecule has 2 aromatic rings. The standard InChI is InChI=1S/C19H23N3O3/c1-13-9-17(22-25-13)19(15-7-8-20-10-16(15)19)12-21-18(23)24-11-14-5-3-2-4-6-14/h2-6,9,15-16,20H,7-8,10-12H2,1H3,(H,21,23)/t15-,16+,19+/m1/s1. The number of nitrogens with one attached hydrogen (secondary N) is 2. The maximum Gasteiger partial charge on any atom is 0.407 e. The zero-order valence-corrected chi connectivity index (χ0v) is 14.3. The number of carbonyl (C=O) groups excluding carboxylic acids is 1. The predicted molar refractivity (Wildman–Crippen MR) is 92.0 cm³/mol. The molecule has 6 heteroatoms. The number of ether oxygens (including phenoxy) is 1. The summed E-state index contributed by atoms with van der Waals surface area (Å²) in [6.45, 7) is 4.67. The van der Waals surface area contributed by atoms with Gasteiger partial charge in [0.1, 0.15) is 12.4 Å². The number of piperidine rings is 1. The first-order valence-electron chi connectivity index (χ1n) is 8.79. The second kappa shape index (κ2) is 6.52. The molecule has 2 N–H and O–H groups in total. The Hall–Kier alpha value is -2.34. The van der Waals surface area contributed by atoms with E-state index in [1.807, 2.05) is 43.3 Å². The molecule has 1 aliphatic carbocycles. The van der Waals surface area contributed by atoms with Crippen LogP contribution in [0.25, 0.3) is 0 Å². The number of fused-ring (bicyclic) bond motifs is 1. The topological polar surface area (TPSA) is 76.4 Å². The largest absolute Gasteiger partial charge is 0.445 e. The SMILES string of the molecule is Cc1cc([C@@]2(CNC(=O)OCc3ccccc3)[C@@H]3CCNC[C@@H]32)no1. The normalized spacial score (nSPS) is 27.4. The molecule has 0 bridgehead atoms. The minimum absolute atomic E-state index is 0.132. The van der Waals surface area contributed by atoms with Gasteiger partial charge in [-0.15, -0.1) is 0 Å². The third kappa shape index (κ3) is 3.02. The van der Waals surface area contributed by atoms with Crippen molar-refractivity contribution in [2.45, 2.75) is 25.4 Å². The number of hydrogen-bond acceptors (Lipinski definition) is 5. The molecule has 6 nitrogen and oxygen atoms in total. The fourth-order valence-electron chi connectivity index (χ4n) is 4.21. The molecule has 25 heavy (non-hydrogen) atoms. The number of benzene rings is 1. The van der Waals surface area contributed by atoms with Gasteiger partial charge in [0.15, 0.2) is 0 Å². The minimum atomic E-state index is -0.389. The highest BCUT2D eigenvalue weighted by Crippen LogP contribution is 2.61. The lowest BCUT2D eigenvalue weighted by molar-refractivity contribution is 0.138. The molecule has 1 saturated heterocycles. The van der Waals surface area contributed by atoms with E-state index in [4.69, 9.17) is 9.26 Å². The van der Waals surface area contributed by atoms with Crippen LogP contribution >= 0.6 is 0 Å². The Bertz CT molecular complexity index is 731. The van der Waals surface area contributed by atoms with Crippen LogP contribution < -0.4 is 10.6 Å². The van der Waals surface area contributed by atoms with Crippen LogP contribution in [0.1, 0.15) is 23.4 Å². The highest BCUT2D eigenvalue weighted by atomic mass is 16.5. The van der Waals surface area contributed by atoms with Crippen molar-refractivity contribution in [1.82, 2.24) is 15.8 Å². The summed E-state index contributed by atoms with van der Waals surface area (Å²) in [6, 6.07) is 11.7. The fraction of sp³-hybridized carbons (Fsp3) is 0.474. The average Bonchev–Trinajstić information content (AvgIpc) is 3.10. The smallest absolute Gasteiger partial charge is 0.407 e. The van der Waals surface area contributed by atoms with E-state index in [2.05, 4.69) is 15.8 Å². The van der Waals surface area contributed by atoms with Gasteiger partial charge in [0.2, 0.25) is 0 Å². The highest BCUT2D eigenvalue weighted by molar-refractivity contribution is 5.67. The van der Waals surface area contributed by atoms with Crippen molar-refractivity contribution in [2.24, 2.45) is 11.8 Å². The summed E-state index contributed by atoms with van der Waals surface area (Å²) >= 11 is 0. The van der Waals surface area contributed by atoms with Crippen LogP contribution in [0.4, 0.5) is 4.79 Å². The summed E-state index contributed by atoms with van der Waals surface area (Å²) in [5, 5.41) is 10.6. The third-order valence-corrected chi connectivity index (χ3v) is 5.54. The summed E-state index contributed by atoms with van der Waals surface area (Å²) in [7, 11) is 0. The molecular formula is C19H23N3O3. The number of hydrogen-bond donors (Lipinski definition) is 2. The van der Waals surface area contributed by atoms with Crippen molar-refractivity contribution >= 4 is 6.09 Å². The van der Waals surface area contributed by atoms with Gasteiger partial charge in [-0.1, -0.05) is 35.5 Å². The third-order valence-electron chi connectivity index (χ3n) is 5.54. The molecule has 2 fully saturated rings. The number of alkyl carbamates (subject to hydrolysis) is 1. The molecule has 1 saturated carbocycles. The van der Waals surface area contributed by atoms with E-state index in [9.17, 15) is 4.79 Å². The summed E-state index contributed by atoms with van der Waals surface area (Å²) in [4.78, 5) is 12.1. The fourth-order valence-corrected chi connectivity index (χ4v) is 4.21. The van der Waals surface area contributed by atoms with Gasteiger partial charge in [0.25, 0.3) is 0 Å². The van der Waals surface area contributed by atoms with E-state index < -0.39 is 0 Å². The average molecular weight is 341 g/mol. The molecule has 2 heterocycles. The molecule has 1 aliphatic heterocycles. The molecule has 1 aromatic heterocycles. The Morgan fingerprint density at radius 2 is 2.24 bits per heavy atom. The summed E-state index contributed by atoms with van der Waals surface area (Å²) in [5.74, 6) is 1.82. The molecule has 0 spiro atoms. The van der Waals surface area contributed by atoms with E-state index in [1.165, 1.54) is 0 Å². The van der Waals surface area contributed by atoms with Crippen molar-refractivity contribution in [3.8, 4) is 0 Å². The van der Waals surface area contributed by atoms with E-state index in [1.54, 1.807) is 0 Å². The van der Waals surface area contributed by atoms with Gasteiger partial charge in [-0.05, 0) is 43.8 Å². The maximum atomic E-state index is 12.1. The Balaban J connectivity index is 1.39. The number of nitrogens with zero attached hydrogens (tertiary/aromatic N) is 1. The lowest BCUT2D eigenvalue weighted by Gasteiger charge is -2.16. The first kappa shape index (κ1) is 16.1. The number of aryl methyl sites for hydroxylation is 1. The van der Waals surface area contributed by atoms with Crippen LogP contribution in [-0.4, -0.2) is 30.9 Å². The zero-order valence-electron chi connectivity index (χ0n) is 14.3. The van der Waals surface area contributed by atoms with E-state index >= 15 is 0 Å². The number of carbonyl (C=O) groups is 1. The Labute approximate surface area is 146 Å². The summed E-state index contributed by atoms with van der Waals surface area (Å²) < 4.78 is 10.6. The van der Waals surface area contributed by atoms with Gasteiger partial charge in [0, 0.05) is 18.0 Å². The van der Waals surface area contributed by atoms with E-state index in [0.29, 0.717) is 18.4 Å². The lowest BCUT2D eigenvalue weighted by Crippen LogP contribution is -2.35. The van der Waals surface area contributed by atoms with Crippen LogP contribution in [-0.2, 0) is 16.8 Å². The van der Waals surface area contributed by atoms with Gasteiger partial charge in [0.05, 0.1) is 5.69 Å². The summed E-state index contributed by atoms with van der Waals surface area (Å²) in [6.07, 6.45) is 0.706. The van der Waals surface area contributed by atoms with Crippen molar-refractivity contribution in [1.29, 1.82) is 0 Å². The first-order chi connectivity index (χ1) is 12.2. The molecule has 0 radical (unpaired) electrons. The Kier molecular flexibility index (Phi) is 4.21. The Morgan fingerprint density at radius 3 is 2.92 bits per heavy atom. The first-order valence-corrected chi connectivity index (χ1v) is 8.79. The van der Waals surface area contributed by atoms with Crippen LogP contribution in [0.3, 0.4) is 0 Å². The van der Waals surface area contributed by atoms with Crippen LogP contribution in [0.15, 0.2) is 40.9 Å². The van der Waals surface area contributed by atoms with E-state index in [0.717, 1.165) is 36.5 Å². The predicted octanol–water partition coefficient (Wildman–Crippen LogP) is 2.39. The Morgan fingerprint density at radius 1 is 1.40 bits per heavy atom. The number of aromatic nitrogens is 1. The quantitative estimate of drug-likeness (QED) is 0.873. The van der Waals surface area contributed by atoms with Gasteiger partial charge < -0.3 is 19.9 Å². The van der Waals surface area contributed by atoms with Gasteiger partial charge in [-0.25, -0.2) is 4.79 Å². The van der Waals surface area contributed by atoms with Crippen molar-refractivity contribution in [3.05, 3.63) is 53.4 Å². The molecule has 132 valence electrons. The zero-order chi connectivity index (χ0) is 17.3. The van der Waals surface area contributed by atoms with Crippen LogP contribution in [0, 0.1) is 18.8 Å². The van der Waals surface area contributed by atoms with Crippen molar-refractivity contribution in [3.63, 3.8) is 0 Å². The molecular weight excluding hydrogens is 318 g/mol. The van der Waals surface area contributed by atoms with Crippen molar-refractivity contribution < 1.29 is 14.1 Å². The number of amides is 1. The second-order valence-electron chi connectivity index (χ2n) is 6.98. The second-order valence-corrected chi connectivity index (χ2v) is 6.98. The number of rotatable bonds is 5. The van der Waals surface area contributed by atoms with Crippen LogP contribution in [0.5, 0.6) is 0 Å². The van der Waals surface area contributed by atoms with Gasteiger partial charge in [-0.3, -0.25) is 0 Å². The van der Waals surface area contributed by atoms with Crippen molar-refractivity contribution in [2.75, 3.05) is 19.6 Å². The minimum Gasteiger partial charge on any atom is -0.445 e. The monoisotopic (exact) mass is 341 g/mol. The molecule has 1 aromatic carbocycles. The van der Waals surface area contributed by atoms with Gasteiger partial charge in [-0.2, -0.15) is 0 Å². The van der Waals surface area contributed by atoms with E-state index in [-0.39, 0.29) is 18.1 Å². The molecule has 2 aliphatic rings. The molecule has 1 amide bonds. The highest BCUT2D eigenvalue weighted by Gasteiger charge is 2.66. The molecule has 4 rings (SSSR count). The maximum absolute atomic E-state index is 12.1. The summed E-state index contributed by atoms with van der Waals surface area (Å²) in [5.41, 5.74) is 1.79. The lowest BCUT2D eigenvalue weighted by atomic mass is 9.96.